The second-order valence-corrected chi connectivity index (χ2v) is 9.87. The Morgan fingerprint density at radius 3 is 2.33 bits per heavy atom. The molecule has 5 aromatic rings. The molecule has 1 heterocycles. The molecule has 2 N–H and O–H groups in total. The molecular formula is C35H31N3O4. The summed E-state index contributed by atoms with van der Waals surface area (Å²) in [6.07, 6.45) is 1.12. The van der Waals surface area contributed by atoms with Gasteiger partial charge in [-0.1, -0.05) is 66.7 Å². The first-order valence-corrected chi connectivity index (χ1v) is 13.8. The number of nitrogens with zero attached hydrogens (tertiary/aromatic N) is 2. The minimum absolute atomic E-state index is 0.0302. The maximum atomic E-state index is 13.2. The van der Waals surface area contributed by atoms with Gasteiger partial charge in [0, 0.05) is 28.9 Å². The van der Waals surface area contributed by atoms with Gasteiger partial charge in [0.1, 0.15) is 12.4 Å². The van der Waals surface area contributed by atoms with E-state index in [2.05, 4.69) is 15.5 Å². The summed E-state index contributed by atoms with van der Waals surface area (Å²) in [6, 6.07) is 33.6. The first-order valence-electron chi connectivity index (χ1n) is 13.8. The summed E-state index contributed by atoms with van der Waals surface area (Å²) in [5.74, 6) is 0.385. The lowest BCUT2D eigenvalue weighted by molar-refractivity contribution is 0.101. The molecule has 42 heavy (non-hydrogen) atoms. The van der Waals surface area contributed by atoms with Gasteiger partial charge < -0.3 is 15.2 Å². The number of ketones is 1. The Balaban J connectivity index is 1.37. The van der Waals surface area contributed by atoms with Crippen LogP contribution >= 0.6 is 0 Å². The normalized spacial score (nSPS) is 10.7. The van der Waals surface area contributed by atoms with Crippen LogP contribution in [0.25, 0.3) is 22.5 Å². The number of hydrogen-bond acceptors (Lipinski definition) is 6. The van der Waals surface area contributed by atoms with Gasteiger partial charge in [-0.2, -0.15) is 0 Å². The Morgan fingerprint density at radius 2 is 1.57 bits per heavy atom. The molecule has 0 aliphatic heterocycles. The number of anilines is 1. The molecule has 0 bridgehead atoms. The molecule has 4 aromatic carbocycles. The monoisotopic (exact) mass is 557 g/mol. The predicted octanol–water partition coefficient (Wildman–Crippen LogP) is 6.77. The average molecular weight is 558 g/mol. The number of nitrogens with one attached hydrogen (secondary N) is 1. The Bertz CT molecular complexity index is 1690. The standard InChI is InChI=1S/C35H31N3O4/c1-24(40)27-11-7-12-28(21-27)34-29(13-8-20-39)22-33(37-38-34)31-14-5-6-15-32(31)36-35(41)26-16-18-30(19-17-26)42-23-25-9-3-2-4-10-25/h2-7,9-12,14-19,21-22,39H,8,13,20,23H2,1H3,(H,36,41). The number of rotatable bonds is 11. The highest BCUT2D eigenvalue weighted by atomic mass is 16.5. The quantitative estimate of drug-likeness (QED) is 0.174. The molecule has 7 nitrogen and oxygen atoms in total. The number of ether oxygens (including phenoxy) is 1. The van der Waals surface area contributed by atoms with Gasteiger partial charge in [-0.15, -0.1) is 10.2 Å². The van der Waals surface area contributed by atoms with Crippen LogP contribution in [0.3, 0.4) is 0 Å². The molecule has 7 heteroatoms. The molecular weight excluding hydrogens is 526 g/mol. The number of aliphatic hydroxyl groups excluding tert-OH is 1. The van der Waals surface area contributed by atoms with E-state index in [1.165, 1.54) is 6.92 Å². The van der Waals surface area contributed by atoms with Crippen molar-refractivity contribution < 1.29 is 19.4 Å². The van der Waals surface area contributed by atoms with E-state index in [9.17, 15) is 14.7 Å². The highest BCUT2D eigenvalue weighted by Crippen LogP contribution is 2.31. The Labute approximate surface area is 244 Å². The molecule has 0 aliphatic rings. The summed E-state index contributed by atoms with van der Waals surface area (Å²) in [5.41, 5.74) is 6.39. The molecule has 0 atom stereocenters. The minimum Gasteiger partial charge on any atom is -0.489 e. The molecule has 0 aliphatic carbocycles. The highest BCUT2D eigenvalue weighted by molar-refractivity contribution is 6.06. The fourth-order valence-corrected chi connectivity index (χ4v) is 4.60. The number of carbonyl (C=O) groups excluding carboxylic acids is 2. The number of para-hydroxylation sites is 1. The maximum absolute atomic E-state index is 13.2. The van der Waals surface area contributed by atoms with E-state index in [0.717, 1.165) is 22.3 Å². The Kier molecular flexibility index (Phi) is 9.11. The number of hydrogen-bond donors (Lipinski definition) is 2. The number of aliphatic hydroxyl groups is 1. The molecule has 0 radical (unpaired) electrons. The van der Waals surface area contributed by atoms with E-state index in [4.69, 9.17) is 4.74 Å². The van der Waals surface area contributed by atoms with Crippen molar-refractivity contribution in [1.29, 1.82) is 0 Å². The van der Waals surface area contributed by atoms with Crippen LogP contribution in [0.2, 0.25) is 0 Å². The average Bonchev–Trinajstić information content (AvgIpc) is 3.03. The van der Waals surface area contributed by atoms with Gasteiger partial charge in [0.05, 0.1) is 17.1 Å². The zero-order valence-electron chi connectivity index (χ0n) is 23.3. The molecule has 1 aromatic heterocycles. The summed E-state index contributed by atoms with van der Waals surface area (Å²) in [7, 11) is 0. The van der Waals surface area contributed by atoms with E-state index in [1.807, 2.05) is 72.8 Å². The van der Waals surface area contributed by atoms with Crippen molar-refractivity contribution in [2.75, 3.05) is 11.9 Å². The van der Waals surface area contributed by atoms with E-state index >= 15 is 0 Å². The van der Waals surface area contributed by atoms with Gasteiger partial charge in [0.15, 0.2) is 5.78 Å². The van der Waals surface area contributed by atoms with Crippen molar-refractivity contribution in [1.82, 2.24) is 10.2 Å². The molecule has 0 fully saturated rings. The van der Waals surface area contributed by atoms with Gasteiger partial charge >= 0.3 is 0 Å². The maximum Gasteiger partial charge on any atom is 0.255 e. The molecule has 0 saturated heterocycles. The summed E-state index contributed by atoms with van der Waals surface area (Å²) in [4.78, 5) is 25.1. The van der Waals surface area contributed by atoms with Crippen molar-refractivity contribution >= 4 is 17.4 Å². The van der Waals surface area contributed by atoms with Crippen molar-refractivity contribution in [2.45, 2.75) is 26.4 Å². The van der Waals surface area contributed by atoms with E-state index in [-0.39, 0.29) is 18.3 Å². The summed E-state index contributed by atoms with van der Waals surface area (Å²) >= 11 is 0. The fourth-order valence-electron chi connectivity index (χ4n) is 4.60. The van der Waals surface area contributed by atoms with Crippen LogP contribution in [0.5, 0.6) is 5.75 Å². The summed E-state index contributed by atoms with van der Waals surface area (Å²) in [6.45, 7) is 2.01. The zero-order valence-corrected chi connectivity index (χ0v) is 23.3. The van der Waals surface area contributed by atoms with Crippen molar-refractivity contribution in [3.05, 3.63) is 131 Å². The third-order valence-electron chi connectivity index (χ3n) is 6.84. The number of aromatic nitrogens is 2. The Hall–Kier alpha value is -5.14. The van der Waals surface area contributed by atoms with Crippen LogP contribution in [-0.2, 0) is 13.0 Å². The van der Waals surface area contributed by atoms with E-state index in [0.29, 0.717) is 53.4 Å². The van der Waals surface area contributed by atoms with Crippen LogP contribution in [0, 0.1) is 0 Å². The van der Waals surface area contributed by atoms with Crippen LogP contribution in [-0.4, -0.2) is 33.6 Å². The van der Waals surface area contributed by atoms with Gasteiger partial charge in [0.25, 0.3) is 5.91 Å². The molecule has 0 unspecified atom stereocenters. The molecule has 0 spiro atoms. The number of aryl methyl sites for hydroxylation is 1. The van der Waals surface area contributed by atoms with Gasteiger partial charge in [-0.05, 0) is 73.4 Å². The molecule has 0 saturated carbocycles. The molecule has 5 rings (SSSR count). The molecule has 1 amide bonds. The van der Waals surface area contributed by atoms with Crippen LogP contribution in [0.4, 0.5) is 5.69 Å². The van der Waals surface area contributed by atoms with Gasteiger partial charge in [0.2, 0.25) is 0 Å². The van der Waals surface area contributed by atoms with Crippen LogP contribution in [0.15, 0.2) is 109 Å². The lowest BCUT2D eigenvalue weighted by atomic mass is 9.98. The number of amides is 1. The first-order chi connectivity index (χ1) is 20.5. The molecule has 210 valence electrons. The summed E-state index contributed by atoms with van der Waals surface area (Å²) in [5, 5.41) is 21.6. The number of carbonyl (C=O) groups is 2. The topological polar surface area (TPSA) is 101 Å². The van der Waals surface area contributed by atoms with Gasteiger partial charge in [-0.3, -0.25) is 9.59 Å². The predicted molar refractivity (Wildman–Crippen MR) is 163 cm³/mol. The van der Waals surface area contributed by atoms with Crippen LogP contribution < -0.4 is 10.1 Å². The second-order valence-electron chi connectivity index (χ2n) is 9.87. The lowest BCUT2D eigenvalue weighted by Gasteiger charge is -2.14. The largest absolute Gasteiger partial charge is 0.489 e. The third-order valence-corrected chi connectivity index (χ3v) is 6.84. The van der Waals surface area contributed by atoms with Crippen molar-refractivity contribution in [3.63, 3.8) is 0 Å². The minimum atomic E-state index is -0.261. The lowest BCUT2D eigenvalue weighted by Crippen LogP contribution is -2.13. The van der Waals surface area contributed by atoms with E-state index in [1.54, 1.807) is 36.4 Å². The second kappa shape index (κ2) is 13.5. The van der Waals surface area contributed by atoms with Crippen molar-refractivity contribution in [3.8, 4) is 28.3 Å². The van der Waals surface area contributed by atoms with Crippen molar-refractivity contribution in [2.24, 2.45) is 0 Å². The number of benzene rings is 4. The highest BCUT2D eigenvalue weighted by Gasteiger charge is 2.16. The fraction of sp³-hybridized carbons (Fsp3) is 0.143. The smallest absolute Gasteiger partial charge is 0.255 e. The summed E-state index contributed by atoms with van der Waals surface area (Å²) < 4.78 is 5.84. The van der Waals surface area contributed by atoms with Gasteiger partial charge in [-0.25, -0.2) is 0 Å². The van der Waals surface area contributed by atoms with Crippen LogP contribution in [0.1, 0.15) is 45.2 Å². The Morgan fingerprint density at radius 1 is 0.810 bits per heavy atom. The van der Waals surface area contributed by atoms with E-state index < -0.39 is 0 Å². The third kappa shape index (κ3) is 6.95. The first kappa shape index (κ1) is 28.4. The number of Topliss-reactive ketones (excluding diaryl/α,β-unsaturated/α-hetero) is 1. The zero-order chi connectivity index (χ0) is 29.3. The SMILES string of the molecule is CC(=O)c1cccc(-c2nnc(-c3ccccc3NC(=O)c3ccc(OCc4ccccc4)cc3)cc2CCCO)c1.